The molecule has 0 saturated heterocycles. The number of carbonyl (C=O) groups excluding carboxylic acids is 1. The van der Waals surface area contributed by atoms with Gasteiger partial charge in [0, 0.05) is 4.88 Å². The lowest BCUT2D eigenvalue weighted by atomic mass is 9.88. The fraction of sp³-hybridized carbons (Fsp3) is 0.357. The monoisotopic (exact) mass is 356 g/mol. The van der Waals surface area contributed by atoms with Crippen LogP contribution in [0.3, 0.4) is 0 Å². The van der Waals surface area contributed by atoms with Crippen LogP contribution in [-0.4, -0.2) is 14.3 Å². The van der Waals surface area contributed by atoms with E-state index in [1.807, 2.05) is 0 Å². The average Bonchev–Trinajstić information content (AvgIpc) is 3.04. The van der Waals surface area contributed by atoms with Crippen molar-refractivity contribution in [2.24, 2.45) is 11.7 Å². The Balaban J connectivity index is 2.03. The molecule has 1 aliphatic carbocycles. The second kappa shape index (κ2) is 5.68. The highest BCUT2D eigenvalue weighted by atomic mass is 32.2. The molecule has 0 fully saturated rings. The van der Waals surface area contributed by atoms with E-state index in [9.17, 15) is 13.2 Å². The van der Waals surface area contributed by atoms with Gasteiger partial charge < -0.3 is 5.73 Å². The normalized spacial score (nSPS) is 18.0. The van der Waals surface area contributed by atoms with Gasteiger partial charge in [0.25, 0.3) is 15.9 Å². The van der Waals surface area contributed by atoms with Gasteiger partial charge in [-0.1, -0.05) is 13.0 Å². The van der Waals surface area contributed by atoms with Crippen LogP contribution in [0.2, 0.25) is 0 Å². The Bertz CT molecular complexity index is 807. The summed E-state index contributed by atoms with van der Waals surface area (Å²) in [6.45, 7) is 2.15. The molecule has 2 aromatic heterocycles. The Morgan fingerprint density at radius 2 is 2.23 bits per heavy atom. The fourth-order valence-corrected chi connectivity index (χ4v) is 6.39. The smallest absolute Gasteiger partial charge is 0.272 e. The van der Waals surface area contributed by atoms with Gasteiger partial charge in [-0.25, -0.2) is 8.42 Å². The number of hydrogen-bond acceptors (Lipinski definition) is 5. The molecule has 5 nitrogen and oxygen atoms in total. The molecule has 22 heavy (non-hydrogen) atoms. The summed E-state index contributed by atoms with van der Waals surface area (Å²) in [5, 5.41) is 2.05. The Morgan fingerprint density at radius 3 is 2.86 bits per heavy atom. The maximum absolute atomic E-state index is 12.4. The number of carbonyl (C=O) groups is 1. The lowest BCUT2D eigenvalue weighted by Gasteiger charge is -2.18. The number of nitrogens with two attached hydrogens (primary N) is 1. The van der Waals surface area contributed by atoms with Gasteiger partial charge in [-0.3, -0.25) is 9.52 Å². The van der Waals surface area contributed by atoms with Crippen molar-refractivity contribution < 1.29 is 13.2 Å². The molecule has 3 rings (SSSR count). The summed E-state index contributed by atoms with van der Waals surface area (Å²) < 4.78 is 27.5. The second-order valence-electron chi connectivity index (χ2n) is 5.46. The van der Waals surface area contributed by atoms with E-state index in [0.717, 1.165) is 41.0 Å². The molecule has 0 unspecified atom stereocenters. The Morgan fingerprint density at radius 1 is 1.45 bits per heavy atom. The van der Waals surface area contributed by atoms with E-state index in [0.29, 0.717) is 16.5 Å². The topological polar surface area (TPSA) is 89.3 Å². The van der Waals surface area contributed by atoms with Crippen molar-refractivity contribution in [1.82, 2.24) is 0 Å². The fourth-order valence-electron chi connectivity index (χ4n) is 2.67. The predicted octanol–water partition coefficient (Wildman–Crippen LogP) is 2.83. The summed E-state index contributed by atoms with van der Waals surface area (Å²) in [7, 11) is -3.67. The zero-order valence-corrected chi connectivity index (χ0v) is 14.4. The minimum atomic E-state index is -3.67. The standard InChI is InChI=1S/C14H16N2O3S3/c1-8-4-5-9-10(7-8)21-14(12(9)13(15)17)16-22(18,19)11-3-2-6-20-11/h2-3,6,8,16H,4-5,7H2,1H3,(H2,15,17)/t8-/m1/s1. The van der Waals surface area contributed by atoms with Gasteiger partial charge in [0.2, 0.25) is 0 Å². The highest BCUT2D eigenvalue weighted by Gasteiger charge is 2.28. The zero-order chi connectivity index (χ0) is 15.9. The van der Waals surface area contributed by atoms with E-state index < -0.39 is 15.9 Å². The van der Waals surface area contributed by atoms with Crippen LogP contribution in [0, 0.1) is 5.92 Å². The molecule has 0 bridgehead atoms. The highest BCUT2D eigenvalue weighted by Crippen LogP contribution is 2.40. The van der Waals surface area contributed by atoms with Gasteiger partial charge in [0.15, 0.2) is 0 Å². The van der Waals surface area contributed by atoms with Crippen LogP contribution >= 0.6 is 22.7 Å². The molecule has 0 radical (unpaired) electrons. The first kappa shape index (κ1) is 15.5. The number of fused-ring (bicyclic) bond motifs is 1. The summed E-state index contributed by atoms with van der Waals surface area (Å²) in [5.74, 6) is -0.0374. The molecule has 1 aliphatic rings. The largest absolute Gasteiger partial charge is 0.365 e. The molecule has 0 aliphatic heterocycles. The van der Waals surface area contributed by atoms with Crippen LogP contribution in [0.4, 0.5) is 5.00 Å². The summed E-state index contributed by atoms with van der Waals surface area (Å²) in [6.07, 6.45) is 2.62. The van der Waals surface area contributed by atoms with Crippen molar-refractivity contribution in [3.8, 4) is 0 Å². The van der Waals surface area contributed by atoms with Gasteiger partial charge in [-0.05, 0) is 42.2 Å². The SMILES string of the molecule is C[C@@H]1CCc2c(sc(NS(=O)(=O)c3cccs3)c2C(N)=O)C1. The lowest BCUT2D eigenvalue weighted by Crippen LogP contribution is -2.19. The maximum Gasteiger partial charge on any atom is 0.272 e. The van der Waals surface area contributed by atoms with Crippen molar-refractivity contribution in [1.29, 1.82) is 0 Å². The molecule has 0 saturated carbocycles. The van der Waals surface area contributed by atoms with Crippen molar-refractivity contribution in [3.05, 3.63) is 33.5 Å². The maximum atomic E-state index is 12.4. The number of primary amides is 1. The number of amides is 1. The molecule has 2 aromatic rings. The molecule has 1 atom stereocenters. The van der Waals surface area contributed by atoms with E-state index in [1.165, 1.54) is 17.4 Å². The first-order valence-corrected chi connectivity index (χ1v) is 10.1. The first-order chi connectivity index (χ1) is 10.4. The second-order valence-corrected chi connectivity index (χ2v) is 9.42. The zero-order valence-electron chi connectivity index (χ0n) is 12.0. The van der Waals surface area contributed by atoms with Crippen molar-refractivity contribution >= 4 is 43.6 Å². The van der Waals surface area contributed by atoms with Crippen LogP contribution in [0.15, 0.2) is 21.7 Å². The van der Waals surface area contributed by atoms with E-state index in [4.69, 9.17) is 5.73 Å². The van der Waals surface area contributed by atoms with Crippen LogP contribution in [-0.2, 0) is 22.9 Å². The van der Waals surface area contributed by atoms with Crippen LogP contribution < -0.4 is 10.5 Å². The third kappa shape index (κ3) is 2.78. The van der Waals surface area contributed by atoms with E-state index in [2.05, 4.69) is 11.6 Å². The first-order valence-electron chi connectivity index (χ1n) is 6.89. The molecule has 1 amide bonds. The van der Waals surface area contributed by atoms with Crippen LogP contribution in [0.5, 0.6) is 0 Å². The molecule has 0 spiro atoms. The molecular weight excluding hydrogens is 340 g/mol. The third-order valence-corrected chi connectivity index (χ3v) is 7.79. The quantitative estimate of drug-likeness (QED) is 0.883. The van der Waals surface area contributed by atoms with E-state index >= 15 is 0 Å². The minimum Gasteiger partial charge on any atom is -0.365 e. The Kier molecular flexibility index (Phi) is 4.00. The average molecular weight is 356 g/mol. The lowest BCUT2D eigenvalue weighted by molar-refractivity contribution is 0.100. The molecule has 118 valence electrons. The minimum absolute atomic E-state index is 0.225. The Labute approximate surface area is 137 Å². The van der Waals surface area contributed by atoms with Crippen molar-refractivity contribution in [3.63, 3.8) is 0 Å². The predicted molar refractivity (Wildman–Crippen MR) is 89.2 cm³/mol. The van der Waals surface area contributed by atoms with Crippen LogP contribution in [0.25, 0.3) is 0 Å². The number of sulfonamides is 1. The molecule has 8 heteroatoms. The van der Waals surface area contributed by atoms with E-state index in [1.54, 1.807) is 11.4 Å². The molecule has 0 aromatic carbocycles. The number of nitrogens with one attached hydrogen (secondary N) is 1. The summed E-state index contributed by atoms with van der Waals surface area (Å²) in [4.78, 5) is 12.9. The number of rotatable bonds is 4. The number of thiophene rings is 2. The van der Waals surface area contributed by atoms with Crippen molar-refractivity contribution in [2.75, 3.05) is 4.72 Å². The summed E-state index contributed by atoms with van der Waals surface area (Å²) in [6, 6.07) is 3.21. The van der Waals surface area contributed by atoms with Gasteiger partial charge in [-0.2, -0.15) is 0 Å². The van der Waals surface area contributed by atoms with Gasteiger partial charge in [0.05, 0.1) is 5.56 Å². The number of anilines is 1. The summed E-state index contributed by atoms with van der Waals surface area (Å²) in [5.41, 5.74) is 6.75. The van der Waals surface area contributed by atoms with Crippen LogP contribution in [0.1, 0.15) is 34.1 Å². The molecule has 3 N–H and O–H groups in total. The molecular formula is C14H16N2O3S3. The number of hydrogen-bond donors (Lipinski definition) is 2. The van der Waals surface area contributed by atoms with Gasteiger partial charge in [0.1, 0.15) is 9.21 Å². The Hall–Kier alpha value is -1.38. The van der Waals surface area contributed by atoms with Gasteiger partial charge >= 0.3 is 0 Å². The highest BCUT2D eigenvalue weighted by molar-refractivity contribution is 7.94. The van der Waals surface area contributed by atoms with Crippen molar-refractivity contribution in [2.45, 2.75) is 30.4 Å². The third-order valence-electron chi connectivity index (χ3n) is 3.75. The summed E-state index contributed by atoms with van der Waals surface area (Å²) >= 11 is 2.47. The van der Waals surface area contributed by atoms with Gasteiger partial charge in [-0.15, -0.1) is 22.7 Å². The molecule has 2 heterocycles. The van der Waals surface area contributed by atoms with E-state index in [-0.39, 0.29) is 4.21 Å².